The summed E-state index contributed by atoms with van der Waals surface area (Å²) in [6.07, 6.45) is 6.84. The van der Waals surface area contributed by atoms with Crippen molar-refractivity contribution in [1.82, 2.24) is 5.32 Å². The number of ketones is 1. The van der Waals surface area contributed by atoms with Crippen LogP contribution in [0.15, 0.2) is 15.9 Å². The summed E-state index contributed by atoms with van der Waals surface area (Å²) in [6.45, 7) is 8.90. The molecule has 1 aromatic rings. The molecule has 1 aromatic heterocycles. The molecule has 0 radical (unpaired) electrons. The molecule has 4 fully saturated rings. The number of Topliss-reactive ketones (excluding diaryl/α,β-unsaturated/α-hetero) is 1. The molecule has 41 heavy (non-hydrogen) atoms. The minimum absolute atomic E-state index is 0. The number of carbonyl (C=O) groups is 2. The molecule has 0 aliphatic heterocycles. The maximum Gasteiger partial charge on any atom is 1.00 e. The number of halogens is 1. The van der Waals surface area contributed by atoms with Crippen LogP contribution in [0.25, 0.3) is 0 Å². The van der Waals surface area contributed by atoms with Crippen LogP contribution in [-0.4, -0.2) is 30.8 Å². The molecule has 1 N–H and O–H groups in total. The molecular weight excluding hydrogens is 637 g/mol. The number of hydrogen-bond donors (Lipinski definition) is 1. The largest absolute Gasteiger partial charge is 1.00 e. The Hall–Kier alpha value is 0.190. The van der Waals surface area contributed by atoms with E-state index in [4.69, 9.17) is 4.18 Å². The molecule has 0 aromatic carbocycles. The fraction of sp³-hybridized carbons (Fsp3) is 0.800. The maximum atomic E-state index is 13.2. The van der Waals surface area contributed by atoms with Gasteiger partial charge in [0.25, 0.3) is 0 Å². The van der Waals surface area contributed by atoms with Crippen LogP contribution in [-0.2, 0) is 24.2 Å². The van der Waals surface area contributed by atoms with E-state index in [2.05, 4.69) is 55.0 Å². The van der Waals surface area contributed by atoms with E-state index in [9.17, 15) is 22.6 Å². The monoisotopic (exact) mass is 679 g/mol. The summed E-state index contributed by atoms with van der Waals surface area (Å²) >= 11 is 5.17. The van der Waals surface area contributed by atoms with Crippen molar-refractivity contribution < 1.29 is 56.3 Å². The van der Waals surface area contributed by atoms with Crippen molar-refractivity contribution in [2.75, 3.05) is 0 Å². The molecule has 4 aliphatic rings. The topological polar surface area (TPSA) is 113 Å². The zero-order valence-electron chi connectivity index (χ0n) is 25.0. The second-order valence-electron chi connectivity index (χ2n) is 13.6. The van der Waals surface area contributed by atoms with Crippen LogP contribution < -0.4 is 34.9 Å². The summed E-state index contributed by atoms with van der Waals surface area (Å²) in [5.41, 5.74) is -0.0898. The predicted molar refractivity (Wildman–Crippen MR) is 157 cm³/mol. The summed E-state index contributed by atoms with van der Waals surface area (Å²) < 4.78 is 42.0. The van der Waals surface area contributed by atoms with E-state index >= 15 is 0 Å². The molecule has 1 heterocycles. The van der Waals surface area contributed by atoms with Gasteiger partial charge in [0.05, 0.1) is 15.9 Å². The number of rotatable bonds is 8. The van der Waals surface area contributed by atoms with Gasteiger partial charge in [0.2, 0.25) is 16.3 Å². The van der Waals surface area contributed by atoms with Crippen molar-refractivity contribution in [3.63, 3.8) is 0 Å². The normalized spacial score (nSPS) is 38.1. The van der Waals surface area contributed by atoms with Gasteiger partial charge in [-0.25, -0.2) is 8.42 Å². The Balaban J connectivity index is 0.00000387. The third-order valence-electron chi connectivity index (χ3n) is 11.7. The van der Waals surface area contributed by atoms with Crippen molar-refractivity contribution in [2.24, 2.45) is 46.3 Å². The summed E-state index contributed by atoms with van der Waals surface area (Å²) in [5.74, 6) is 1.32. The van der Waals surface area contributed by atoms with Crippen LogP contribution in [0.1, 0.15) is 103 Å². The molecule has 4 aliphatic carbocycles. The summed E-state index contributed by atoms with van der Waals surface area (Å²) in [5, 5.41) is 3.25. The number of hydrogen-bond acceptors (Lipinski definition) is 7. The molecule has 7 nitrogen and oxygen atoms in total. The Kier molecular flexibility index (Phi) is 10.7. The van der Waals surface area contributed by atoms with E-state index in [1.54, 1.807) is 11.3 Å². The Morgan fingerprint density at radius 1 is 1.20 bits per heavy atom. The first-order valence-electron chi connectivity index (χ1n) is 15.0. The Bertz CT molecular complexity index is 1240. The van der Waals surface area contributed by atoms with Crippen LogP contribution in [0.4, 0.5) is 0 Å². The average Bonchev–Trinajstić information content (AvgIpc) is 3.45. The number of carbonyl (C=O) groups excluding carboxylic acids is 2. The van der Waals surface area contributed by atoms with Crippen LogP contribution >= 0.6 is 27.3 Å². The molecule has 5 rings (SSSR count). The van der Waals surface area contributed by atoms with Gasteiger partial charge in [0, 0.05) is 24.1 Å². The number of nitrogens with one attached hydrogen (secondary N) is 1. The van der Waals surface area contributed by atoms with E-state index in [1.807, 2.05) is 6.07 Å². The Morgan fingerprint density at radius 2 is 1.90 bits per heavy atom. The van der Waals surface area contributed by atoms with Crippen LogP contribution in [0.2, 0.25) is 0 Å². The first-order chi connectivity index (χ1) is 18.7. The first-order valence-corrected chi connectivity index (χ1v) is 17.9. The summed E-state index contributed by atoms with van der Waals surface area (Å²) in [6, 6.07) is 4.08. The third kappa shape index (κ3) is 6.75. The Morgan fingerprint density at radius 3 is 2.54 bits per heavy atom. The molecule has 224 valence electrons. The van der Waals surface area contributed by atoms with Crippen LogP contribution in [0.3, 0.4) is 0 Å². The average molecular weight is 681 g/mol. The van der Waals surface area contributed by atoms with Gasteiger partial charge in [-0.3, -0.25) is 13.8 Å². The Labute approximate surface area is 280 Å². The number of thiophene rings is 1. The summed E-state index contributed by atoms with van der Waals surface area (Å²) in [7, 11) is -4.87. The van der Waals surface area contributed by atoms with E-state index in [1.165, 1.54) is 0 Å². The van der Waals surface area contributed by atoms with Crippen molar-refractivity contribution in [3.05, 3.63) is 20.8 Å². The molecule has 11 heteroatoms. The molecule has 1 amide bonds. The van der Waals surface area contributed by atoms with E-state index in [0.29, 0.717) is 31.6 Å². The fourth-order valence-electron chi connectivity index (χ4n) is 9.79. The molecule has 0 spiro atoms. The van der Waals surface area contributed by atoms with E-state index in [-0.39, 0.29) is 87.7 Å². The second-order valence-corrected chi connectivity index (χ2v) is 17.1. The third-order valence-corrected chi connectivity index (χ3v) is 13.9. The predicted octanol–water partition coefficient (Wildman–Crippen LogP) is 3.79. The van der Waals surface area contributed by atoms with E-state index < -0.39 is 16.5 Å². The van der Waals surface area contributed by atoms with Crippen molar-refractivity contribution >= 4 is 49.4 Å². The molecular formula is C30H43BrNNaO6S2. The van der Waals surface area contributed by atoms with Gasteiger partial charge in [-0.1, -0.05) is 27.7 Å². The van der Waals surface area contributed by atoms with Gasteiger partial charge in [0.1, 0.15) is 5.78 Å². The number of amides is 1. The van der Waals surface area contributed by atoms with E-state index in [0.717, 1.165) is 47.2 Å². The SMILES string of the molecule is CCC(NC(=O)C[C@@H](C)[C@H]1CC[C@H]2[C@@H]3[C@H](OS(=O)(=O)[O-])C[C@@H]4CC(=O)CC[C@]4(C)[C@H]3CC[C@]12C)c1ccc(Br)s1.[Na+]. The maximum absolute atomic E-state index is 13.2. The molecule has 10 atom stereocenters. The number of fused-ring (bicyclic) bond motifs is 5. The van der Waals surface area contributed by atoms with Crippen LogP contribution in [0, 0.1) is 46.3 Å². The standard InChI is InChI=1S/C30H44BrNO6S2.Na/c1-5-23(25-8-9-26(31)39-25)32-27(34)14-17(2)20-6-7-21-28-22(11-13-30(20,21)4)29(3)12-10-19(33)15-18(29)16-24(28)38-40(35,36)37;/h8-9,17-18,20-24,28H,5-7,10-16H2,1-4H3,(H,32,34)(H,35,36,37);/q;+1/p-1/t17-,18+,20-,21+,22+,23?,24-,28+,29+,30-;/m1./s1. The first kappa shape index (κ1) is 34.1. The van der Waals surface area contributed by atoms with Gasteiger partial charge in [-0.2, -0.15) is 0 Å². The quantitative estimate of drug-likeness (QED) is 0.254. The van der Waals surface area contributed by atoms with Crippen LogP contribution in [0.5, 0.6) is 0 Å². The van der Waals surface area contributed by atoms with Gasteiger partial charge in [-0.15, -0.1) is 11.3 Å². The molecule has 0 bridgehead atoms. The van der Waals surface area contributed by atoms with Gasteiger partial charge in [-0.05, 0) is 119 Å². The minimum Gasteiger partial charge on any atom is -0.726 e. The zero-order valence-corrected chi connectivity index (χ0v) is 30.2. The van der Waals surface area contributed by atoms with Crippen molar-refractivity contribution in [2.45, 2.75) is 104 Å². The molecule has 4 saturated carbocycles. The fourth-order valence-corrected chi connectivity index (χ4v) is 11.9. The van der Waals surface area contributed by atoms with Gasteiger partial charge in [0.15, 0.2) is 0 Å². The van der Waals surface area contributed by atoms with Gasteiger partial charge < -0.3 is 9.87 Å². The van der Waals surface area contributed by atoms with Crippen molar-refractivity contribution in [1.29, 1.82) is 0 Å². The molecule has 1 unspecified atom stereocenters. The van der Waals surface area contributed by atoms with Crippen molar-refractivity contribution in [3.8, 4) is 0 Å². The molecule has 0 saturated heterocycles. The summed E-state index contributed by atoms with van der Waals surface area (Å²) in [4.78, 5) is 26.7. The smallest absolute Gasteiger partial charge is 0.726 e. The zero-order chi connectivity index (χ0) is 29.0. The minimum atomic E-state index is -4.87. The van der Waals surface area contributed by atoms with Gasteiger partial charge >= 0.3 is 29.6 Å². The second kappa shape index (κ2) is 12.9.